The Bertz CT molecular complexity index is 1160. The maximum Gasteiger partial charge on any atom is 0.197 e. The third-order valence-corrected chi connectivity index (χ3v) is 4.41. The summed E-state index contributed by atoms with van der Waals surface area (Å²) in [5.41, 5.74) is 1.67. The summed E-state index contributed by atoms with van der Waals surface area (Å²) in [5.74, 6) is 1.36. The molecule has 0 aliphatic heterocycles. The minimum atomic E-state index is -0.320. The van der Waals surface area contributed by atoms with Gasteiger partial charge in [-0.1, -0.05) is 30.3 Å². The zero-order chi connectivity index (χ0) is 19.5. The summed E-state index contributed by atoms with van der Waals surface area (Å²) in [5, 5.41) is 10.4. The minimum absolute atomic E-state index is 0.129. The van der Waals surface area contributed by atoms with Crippen molar-refractivity contribution in [3.05, 3.63) is 88.6 Å². The van der Waals surface area contributed by atoms with E-state index >= 15 is 0 Å². The molecule has 5 heteroatoms. The third-order valence-electron chi connectivity index (χ3n) is 4.41. The highest BCUT2D eigenvalue weighted by molar-refractivity contribution is 5.86. The van der Waals surface area contributed by atoms with E-state index in [1.165, 1.54) is 12.1 Å². The fraction of sp³-hybridized carbons (Fsp3) is 0.0870. The van der Waals surface area contributed by atoms with E-state index < -0.39 is 0 Å². The molecule has 0 atom stereocenters. The quantitative estimate of drug-likeness (QED) is 0.546. The van der Waals surface area contributed by atoms with Gasteiger partial charge in [0.2, 0.25) is 0 Å². The second-order valence-electron chi connectivity index (χ2n) is 6.29. The lowest BCUT2D eigenvalue weighted by Crippen LogP contribution is -2.02. The van der Waals surface area contributed by atoms with Crippen molar-refractivity contribution in [1.82, 2.24) is 0 Å². The first-order valence-electron chi connectivity index (χ1n) is 8.76. The summed E-state index contributed by atoms with van der Waals surface area (Å²) >= 11 is 0. The van der Waals surface area contributed by atoms with Gasteiger partial charge in [-0.3, -0.25) is 4.79 Å². The molecule has 0 spiro atoms. The van der Waals surface area contributed by atoms with Gasteiger partial charge in [0.15, 0.2) is 5.43 Å². The molecule has 4 aromatic rings. The SMILES string of the molecule is COc1ccc(-c2cc(=O)c3c(O)cc(OCc4ccccc4)cc3o2)cc1. The topological polar surface area (TPSA) is 68.9 Å². The molecule has 0 bridgehead atoms. The second kappa shape index (κ2) is 7.48. The molecule has 0 fully saturated rings. The largest absolute Gasteiger partial charge is 0.507 e. The molecule has 0 saturated heterocycles. The number of ether oxygens (including phenoxy) is 2. The highest BCUT2D eigenvalue weighted by Gasteiger charge is 2.13. The van der Waals surface area contributed by atoms with E-state index in [4.69, 9.17) is 13.9 Å². The first-order valence-corrected chi connectivity index (χ1v) is 8.76. The standard InChI is InChI=1S/C23H18O5/c1-26-17-9-7-16(8-10-17)21-13-20(25)23-19(24)11-18(12-22(23)28-21)27-14-15-5-3-2-4-6-15/h2-13,24H,14H2,1H3. The molecule has 3 aromatic carbocycles. The smallest absolute Gasteiger partial charge is 0.197 e. The number of fused-ring (bicyclic) bond motifs is 1. The van der Waals surface area contributed by atoms with E-state index in [0.717, 1.165) is 11.1 Å². The second-order valence-corrected chi connectivity index (χ2v) is 6.29. The van der Waals surface area contributed by atoms with Gasteiger partial charge in [0.25, 0.3) is 0 Å². The number of benzene rings is 3. The van der Waals surface area contributed by atoms with Gasteiger partial charge in [-0.25, -0.2) is 0 Å². The van der Waals surface area contributed by atoms with Crippen LogP contribution in [0.3, 0.4) is 0 Å². The van der Waals surface area contributed by atoms with Gasteiger partial charge in [-0.15, -0.1) is 0 Å². The zero-order valence-electron chi connectivity index (χ0n) is 15.2. The van der Waals surface area contributed by atoms with Crippen LogP contribution in [-0.4, -0.2) is 12.2 Å². The lowest BCUT2D eigenvalue weighted by molar-refractivity contribution is 0.304. The molecule has 0 aliphatic carbocycles. The van der Waals surface area contributed by atoms with Crippen molar-refractivity contribution in [2.45, 2.75) is 6.61 Å². The van der Waals surface area contributed by atoms with Gasteiger partial charge in [0.05, 0.1) is 7.11 Å². The predicted molar refractivity (Wildman–Crippen MR) is 107 cm³/mol. The Kier molecular flexibility index (Phi) is 4.72. The van der Waals surface area contributed by atoms with Crippen molar-refractivity contribution >= 4 is 11.0 Å². The number of phenols is 1. The van der Waals surface area contributed by atoms with Gasteiger partial charge in [0, 0.05) is 23.8 Å². The Balaban J connectivity index is 1.71. The lowest BCUT2D eigenvalue weighted by Gasteiger charge is -2.09. The van der Waals surface area contributed by atoms with E-state index in [1.54, 1.807) is 37.4 Å². The summed E-state index contributed by atoms with van der Waals surface area (Å²) in [6.07, 6.45) is 0. The van der Waals surface area contributed by atoms with Crippen LogP contribution in [0.1, 0.15) is 5.56 Å². The van der Waals surface area contributed by atoms with Crippen LogP contribution in [0, 0.1) is 0 Å². The normalized spacial score (nSPS) is 10.8. The number of hydrogen-bond acceptors (Lipinski definition) is 5. The average molecular weight is 374 g/mol. The fourth-order valence-corrected chi connectivity index (χ4v) is 2.97. The van der Waals surface area contributed by atoms with Crippen molar-refractivity contribution in [3.8, 4) is 28.6 Å². The summed E-state index contributed by atoms with van der Waals surface area (Å²) in [7, 11) is 1.59. The molecule has 5 nitrogen and oxygen atoms in total. The van der Waals surface area contributed by atoms with E-state index in [1.807, 2.05) is 30.3 Å². The number of aromatic hydroxyl groups is 1. The van der Waals surface area contributed by atoms with E-state index in [-0.39, 0.29) is 22.1 Å². The Morgan fingerprint density at radius 2 is 1.68 bits per heavy atom. The molecule has 1 heterocycles. The average Bonchev–Trinajstić information content (AvgIpc) is 2.72. The molecule has 1 N–H and O–H groups in total. The Hall–Kier alpha value is -3.73. The van der Waals surface area contributed by atoms with Crippen LogP contribution in [0.15, 0.2) is 82.0 Å². The fourth-order valence-electron chi connectivity index (χ4n) is 2.97. The molecule has 0 aliphatic rings. The van der Waals surface area contributed by atoms with Crippen molar-refractivity contribution < 1.29 is 19.0 Å². The van der Waals surface area contributed by atoms with Crippen LogP contribution in [0.2, 0.25) is 0 Å². The summed E-state index contributed by atoms with van der Waals surface area (Å²) in [4.78, 5) is 12.5. The van der Waals surface area contributed by atoms with Gasteiger partial charge in [0.1, 0.15) is 40.6 Å². The lowest BCUT2D eigenvalue weighted by atomic mass is 10.1. The Morgan fingerprint density at radius 1 is 0.929 bits per heavy atom. The molecule has 1 aromatic heterocycles. The number of phenolic OH excluding ortho intramolecular Hbond substituents is 1. The molecule has 0 unspecified atom stereocenters. The van der Waals surface area contributed by atoms with Crippen molar-refractivity contribution in [2.24, 2.45) is 0 Å². The van der Waals surface area contributed by atoms with Crippen molar-refractivity contribution in [3.63, 3.8) is 0 Å². The zero-order valence-corrected chi connectivity index (χ0v) is 15.2. The third kappa shape index (κ3) is 3.55. The number of methoxy groups -OCH3 is 1. The molecule has 4 rings (SSSR count). The maximum atomic E-state index is 12.5. The van der Waals surface area contributed by atoms with Crippen molar-refractivity contribution in [1.29, 1.82) is 0 Å². The van der Waals surface area contributed by atoms with Crippen LogP contribution in [0.4, 0.5) is 0 Å². The molecular weight excluding hydrogens is 356 g/mol. The maximum absolute atomic E-state index is 12.5. The summed E-state index contributed by atoms with van der Waals surface area (Å²) in [6, 6.07) is 21.3. The van der Waals surface area contributed by atoms with Crippen LogP contribution in [-0.2, 0) is 6.61 Å². The molecule has 0 saturated carbocycles. The first-order chi connectivity index (χ1) is 13.6. The van der Waals surface area contributed by atoms with E-state index in [2.05, 4.69) is 0 Å². The summed E-state index contributed by atoms with van der Waals surface area (Å²) in [6.45, 7) is 0.341. The molecular formula is C23H18O5. The number of rotatable bonds is 5. The van der Waals surface area contributed by atoms with E-state index in [0.29, 0.717) is 23.9 Å². The van der Waals surface area contributed by atoms with Gasteiger partial charge >= 0.3 is 0 Å². The van der Waals surface area contributed by atoms with Crippen molar-refractivity contribution in [2.75, 3.05) is 7.11 Å². The Morgan fingerprint density at radius 3 is 2.39 bits per heavy atom. The molecule has 0 amide bonds. The highest BCUT2D eigenvalue weighted by Crippen LogP contribution is 2.31. The highest BCUT2D eigenvalue weighted by atomic mass is 16.5. The first kappa shape index (κ1) is 17.7. The molecule has 28 heavy (non-hydrogen) atoms. The van der Waals surface area contributed by atoms with Crippen LogP contribution in [0.25, 0.3) is 22.3 Å². The molecule has 140 valence electrons. The summed E-state index contributed by atoms with van der Waals surface area (Å²) < 4.78 is 16.8. The van der Waals surface area contributed by atoms with Gasteiger partial charge in [-0.2, -0.15) is 0 Å². The Labute approximate surface area is 161 Å². The monoisotopic (exact) mass is 374 g/mol. The minimum Gasteiger partial charge on any atom is -0.507 e. The van der Waals surface area contributed by atoms with Gasteiger partial charge in [-0.05, 0) is 29.8 Å². The predicted octanol–water partition coefficient (Wildman–Crippen LogP) is 4.75. The van der Waals surface area contributed by atoms with Crippen LogP contribution in [0.5, 0.6) is 17.2 Å². The van der Waals surface area contributed by atoms with Gasteiger partial charge < -0.3 is 19.0 Å². The number of hydrogen-bond donors (Lipinski definition) is 1. The van der Waals surface area contributed by atoms with Crippen LogP contribution < -0.4 is 14.9 Å². The molecule has 0 radical (unpaired) electrons. The van der Waals surface area contributed by atoms with E-state index in [9.17, 15) is 9.90 Å². The van der Waals surface area contributed by atoms with Crippen LogP contribution >= 0.6 is 0 Å².